The van der Waals surface area contributed by atoms with E-state index in [-0.39, 0.29) is 36.2 Å². The Kier molecular flexibility index (Phi) is 5.64. The van der Waals surface area contributed by atoms with Gasteiger partial charge in [0.2, 0.25) is 0 Å². The standard InChI is InChI=1S/C21H26N2O3/c1-4-5-8-14-9-6-7-10-15(14)19-18(21(25)26-3)13(2)23-16-11-22-12-17(24)20(16)19/h6-7,9-11,16,18-20H,4-5,8,12H2,1-3H3. The number of carbonyl (C=O) groups is 2. The first-order valence-electron chi connectivity index (χ1n) is 9.31. The minimum Gasteiger partial charge on any atom is -0.468 e. The molecular formula is C21H26N2O3. The summed E-state index contributed by atoms with van der Waals surface area (Å²) in [6.45, 7) is 4.18. The molecule has 0 aliphatic carbocycles. The average molecular weight is 354 g/mol. The molecule has 0 bridgehead atoms. The Labute approximate surface area is 154 Å². The minimum absolute atomic E-state index is 0.0537. The maximum atomic E-state index is 12.8. The van der Waals surface area contributed by atoms with Crippen molar-refractivity contribution in [1.82, 2.24) is 0 Å². The van der Waals surface area contributed by atoms with E-state index >= 15 is 0 Å². The predicted octanol–water partition coefficient (Wildman–Crippen LogP) is 3.01. The van der Waals surface area contributed by atoms with Gasteiger partial charge in [-0.15, -0.1) is 0 Å². The largest absolute Gasteiger partial charge is 0.468 e. The molecule has 0 amide bonds. The van der Waals surface area contributed by atoms with Crippen LogP contribution in [0.25, 0.3) is 0 Å². The summed E-state index contributed by atoms with van der Waals surface area (Å²) in [4.78, 5) is 34.2. The quantitative estimate of drug-likeness (QED) is 0.763. The zero-order valence-electron chi connectivity index (χ0n) is 15.6. The van der Waals surface area contributed by atoms with E-state index in [1.165, 1.54) is 12.7 Å². The number of hydrogen-bond acceptors (Lipinski definition) is 5. The number of nitrogens with zero attached hydrogens (tertiary/aromatic N) is 2. The Hall–Kier alpha value is -2.30. The van der Waals surface area contributed by atoms with Gasteiger partial charge in [-0.05, 0) is 30.9 Å². The van der Waals surface area contributed by atoms with Crippen molar-refractivity contribution >= 4 is 23.7 Å². The van der Waals surface area contributed by atoms with Gasteiger partial charge in [-0.3, -0.25) is 19.6 Å². The second kappa shape index (κ2) is 7.94. The van der Waals surface area contributed by atoms with Crippen molar-refractivity contribution in [2.45, 2.75) is 45.1 Å². The Morgan fingerprint density at radius 2 is 2.04 bits per heavy atom. The van der Waals surface area contributed by atoms with Gasteiger partial charge in [0.1, 0.15) is 5.92 Å². The van der Waals surface area contributed by atoms with Crippen molar-refractivity contribution in [3.8, 4) is 0 Å². The molecule has 2 heterocycles. The van der Waals surface area contributed by atoms with Crippen LogP contribution >= 0.6 is 0 Å². The highest BCUT2D eigenvalue weighted by Crippen LogP contribution is 2.43. The lowest BCUT2D eigenvalue weighted by Crippen LogP contribution is -2.48. The Morgan fingerprint density at radius 1 is 1.27 bits per heavy atom. The fourth-order valence-electron chi connectivity index (χ4n) is 4.22. The molecule has 0 N–H and O–H groups in total. The summed E-state index contributed by atoms with van der Waals surface area (Å²) >= 11 is 0. The number of benzene rings is 1. The van der Waals surface area contributed by atoms with Crippen molar-refractivity contribution in [3.63, 3.8) is 0 Å². The van der Waals surface area contributed by atoms with E-state index in [1.807, 2.05) is 19.1 Å². The molecule has 2 aliphatic rings. The van der Waals surface area contributed by atoms with Crippen LogP contribution in [0, 0.1) is 11.8 Å². The van der Waals surface area contributed by atoms with E-state index in [2.05, 4.69) is 29.0 Å². The third-order valence-corrected chi connectivity index (χ3v) is 5.46. The van der Waals surface area contributed by atoms with Crippen molar-refractivity contribution in [3.05, 3.63) is 35.4 Å². The van der Waals surface area contributed by atoms with E-state index in [4.69, 9.17) is 4.74 Å². The molecule has 0 saturated carbocycles. The molecule has 0 spiro atoms. The van der Waals surface area contributed by atoms with E-state index in [0.29, 0.717) is 0 Å². The average Bonchev–Trinajstić information content (AvgIpc) is 2.65. The van der Waals surface area contributed by atoms with Crippen LogP contribution in [-0.2, 0) is 20.7 Å². The molecule has 4 unspecified atom stereocenters. The molecular weight excluding hydrogens is 328 g/mol. The number of methoxy groups -OCH3 is 1. The summed E-state index contributed by atoms with van der Waals surface area (Å²) in [6.07, 6.45) is 4.87. The third-order valence-electron chi connectivity index (χ3n) is 5.46. The van der Waals surface area contributed by atoms with Crippen molar-refractivity contribution in [1.29, 1.82) is 0 Å². The molecule has 0 radical (unpaired) electrons. The van der Waals surface area contributed by atoms with Gasteiger partial charge in [-0.25, -0.2) is 0 Å². The number of rotatable bonds is 5. The molecule has 138 valence electrons. The highest BCUT2D eigenvalue weighted by atomic mass is 16.5. The molecule has 0 saturated heterocycles. The monoisotopic (exact) mass is 354 g/mol. The Morgan fingerprint density at radius 3 is 2.77 bits per heavy atom. The number of carbonyl (C=O) groups excluding carboxylic acids is 2. The van der Waals surface area contributed by atoms with Gasteiger partial charge >= 0.3 is 5.97 Å². The summed E-state index contributed by atoms with van der Waals surface area (Å²) in [5.41, 5.74) is 3.00. The van der Waals surface area contributed by atoms with Gasteiger partial charge in [0.05, 0.1) is 25.6 Å². The number of hydrogen-bond donors (Lipinski definition) is 0. The van der Waals surface area contributed by atoms with Crippen LogP contribution in [0.15, 0.2) is 34.3 Å². The molecule has 26 heavy (non-hydrogen) atoms. The highest BCUT2D eigenvalue weighted by Gasteiger charge is 2.48. The van der Waals surface area contributed by atoms with Gasteiger partial charge in [0.25, 0.3) is 0 Å². The fraction of sp³-hybridized carbons (Fsp3) is 0.524. The molecule has 4 atom stereocenters. The first-order valence-corrected chi connectivity index (χ1v) is 9.31. The number of aliphatic imine (C=N–C) groups is 2. The normalized spacial score (nSPS) is 27.7. The summed E-state index contributed by atoms with van der Waals surface area (Å²) in [5, 5.41) is 0. The minimum atomic E-state index is -0.528. The smallest absolute Gasteiger partial charge is 0.315 e. The molecule has 3 rings (SSSR count). The van der Waals surface area contributed by atoms with Gasteiger partial charge < -0.3 is 4.74 Å². The Bertz CT molecular complexity index is 753. The highest BCUT2D eigenvalue weighted by molar-refractivity contribution is 6.06. The lowest BCUT2D eigenvalue weighted by molar-refractivity contribution is -0.144. The molecule has 2 aliphatic heterocycles. The number of ketones is 1. The number of esters is 1. The van der Waals surface area contributed by atoms with Gasteiger partial charge in [0, 0.05) is 17.8 Å². The topological polar surface area (TPSA) is 68.1 Å². The van der Waals surface area contributed by atoms with Crippen LogP contribution < -0.4 is 0 Å². The molecule has 5 heteroatoms. The van der Waals surface area contributed by atoms with E-state index in [9.17, 15) is 9.59 Å². The zero-order valence-corrected chi connectivity index (χ0v) is 15.6. The predicted molar refractivity (Wildman–Crippen MR) is 102 cm³/mol. The molecule has 1 aromatic rings. The molecule has 5 nitrogen and oxygen atoms in total. The number of aryl methyl sites for hydroxylation is 1. The van der Waals surface area contributed by atoms with Gasteiger partial charge in [-0.1, -0.05) is 37.6 Å². The first kappa shape index (κ1) is 18.5. The molecule has 0 fully saturated rings. The van der Waals surface area contributed by atoms with Crippen LogP contribution in [0.5, 0.6) is 0 Å². The van der Waals surface area contributed by atoms with Crippen LogP contribution in [0.3, 0.4) is 0 Å². The SMILES string of the molecule is CCCCc1ccccc1C1C(C(=O)OC)C(C)=NC2C=NCC(=O)C21. The Balaban J connectivity index is 2.14. The van der Waals surface area contributed by atoms with Gasteiger partial charge in [0.15, 0.2) is 5.78 Å². The maximum Gasteiger partial charge on any atom is 0.315 e. The number of ether oxygens (including phenoxy) is 1. The molecule has 1 aromatic carbocycles. The van der Waals surface area contributed by atoms with Crippen LogP contribution in [-0.4, -0.2) is 43.4 Å². The van der Waals surface area contributed by atoms with E-state index in [0.717, 1.165) is 30.5 Å². The lowest BCUT2D eigenvalue weighted by atomic mass is 9.66. The summed E-state index contributed by atoms with van der Waals surface area (Å²) in [5.74, 6) is -1.41. The summed E-state index contributed by atoms with van der Waals surface area (Å²) < 4.78 is 5.08. The number of Topliss-reactive ketones (excluding diaryl/α,β-unsaturated/α-hetero) is 1. The maximum absolute atomic E-state index is 12.8. The second-order valence-corrected chi connectivity index (χ2v) is 7.07. The van der Waals surface area contributed by atoms with Crippen molar-refractivity contribution < 1.29 is 14.3 Å². The number of unbranched alkanes of at least 4 members (excludes halogenated alkanes) is 1. The van der Waals surface area contributed by atoms with Crippen LogP contribution in [0.4, 0.5) is 0 Å². The first-order chi connectivity index (χ1) is 12.6. The van der Waals surface area contributed by atoms with Gasteiger partial charge in [-0.2, -0.15) is 0 Å². The van der Waals surface area contributed by atoms with Crippen molar-refractivity contribution in [2.75, 3.05) is 13.7 Å². The third kappa shape index (κ3) is 3.35. The second-order valence-electron chi connectivity index (χ2n) is 7.07. The lowest BCUT2D eigenvalue weighted by Gasteiger charge is -2.40. The van der Waals surface area contributed by atoms with Crippen LogP contribution in [0.1, 0.15) is 43.7 Å². The zero-order chi connectivity index (χ0) is 18.7. The van der Waals surface area contributed by atoms with E-state index < -0.39 is 5.92 Å². The molecule has 0 aromatic heterocycles. The van der Waals surface area contributed by atoms with Crippen molar-refractivity contribution in [2.24, 2.45) is 21.8 Å². The number of fused-ring (bicyclic) bond motifs is 1. The fourth-order valence-corrected chi connectivity index (χ4v) is 4.22. The van der Waals surface area contributed by atoms with Crippen LogP contribution in [0.2, 0.25) is 0 Å². The summed E-state index contributed by atoms with van der Waals surface area (Å²) in [6, 6.07) is 7.88. The van der Waals surface area contributed by atoms with E-state index in [1.54, 1.807) is 6.21 Å². The summed E-state index contributed by atoms with van der Waals surface area (Å²) in [7, 11) is 1.39.